The van der Waals surface area contributed by atoms with Crippen molar-refractivity contribution in [3.8, 4) is 27.9 Å². The number of hydrogen-bond acceptors (Lipinski definition) is 4. The van der Waals surface area contributed by atoms with Crippen LogP contribution in [0.1, 0.15) is 0 Å². The van der Waals surface area contributed by atoms with Gasteiger partial charge in [0.05, 0.1) is 17.3 Å². The van der Waals surface area contributed by atoms with E-state index in [1.807, 2.05) is 5.38 Å². The molecule has 0 saturated carbocycles. The minimum absolute atomic E-state index is 0.376. The highest BCUT2D eigenvalue weighted by Gasteiger charge is 2.16. The maximum absolute atomic E-state index is 13.6. The van der Waals surface area contributed by atoms with Crippen LogP contribution in [0.4, 0.5) is 8.78 Å². The lowest BCUT2D eigenvalue weighted by molar-refractivity contribution is 0.509. The predicted molar refractivity (Wildman–Crippen MR) is 117 cm³/mol. The molecule has 0 saturated heterocycles. The molecule has 0 unspecified atom stereocenters. The van der Waals surface area contributed by atoms with Crippen LogP contribution in [-0.2, 0) is 0 Å². The van der Waals surface area contributed by atoms with Crippen LogP contribution in [0.2, 0.25) is 0 Å². The highest BCUT2D eigenvalue weighted by Crippen LogP contribution is 2.32. The lowest BCUT2D eigenvalue weighted by Gasteiger charge is -2.07. The van der Waals surface area contributed by atoms with E-state index in [9.17, 15) is 18.4 Å². The molecule has 5 aromatic rings. The molecule has 0 radical (unpaired) electrons. The van der Waals surface area contributed by atoms with Crippen LogP contribution in [0.15, 0.2) is 82.0 Å². The zero-order valence-electron chi connectivity index (χ0n) is 15.8. The van der Waals surface area contributed by atoms with Crippen LogP contribution in [0.5, 0.6) is 0 Å². The third kappa shape index (κ3) is 3.27. The first kappa shape index (κ1) is 19.1. The number of nitrogens with one attached hydrogen (secondary N) is 1. The van der Waals surface area contributed by atoms with Crippen molar-refractivity contribution in [3.63, 3.8) is 0 Å². The van der Waals surface area contributed by atoms with Gasteiger partial charge in [-0.25, -0.2) is 18.1 Å². The summed E-state index contributed by atoms with van der Waals surface area (Å²) in [6.45, 7) is 0. The molecule has 0 fully saturated rings. The number of pyridine rings is 1. The number of thiophene rings is 1. The van der Waals surface area contributed by atoms with E-state index in [1.165, 1.54) is 23.6 Å². The molecule has 5 rings (SSSR count). The van der Waals surface area contributed by atoms with Crippen LogP contribution >= 0.6 is 11.3 Å². The summed E-state index contributed by atoms with van der Waals surface area (Å²) in [6, 6.07) is 14.2. The quantitative estimate of drug-likeness (QED) is 0.447. The molecule has 0 bridgehead atoms. The summed E-state index contributed by atoms with van der Waals surface area (Å²) in [5.41, 5.74) is 2.10. The smallest absolute Gasteiger partial charge is 0.298 e. The second kappa shape index (κ2) is 7.41. The van der Waals surface area contributed by atoms with Gasteiger partial charge >= 0.3 is 5.69 Å². The fraction of sp³-hybridized carbons (Fsp3) is 0. The van der Waals surface area contributed by atoms with E-state index >= 15 is 0 Å². The van der Waals surface area contributed by atoms with Crippen molar-refractivity contribution >= 4 is 21.6 Å². The van der Waals surface area contributed by atoms with E-state index in [0.717, 1.165) is 22.3 Å². The van der Waals surface area contributed by atoms with Gasteiger partial charge in [-0.15, -0.1) is 11.3 Å². The molecule has 8 heteroatoms. The maximum atomic E-state index is 13.6. The summed E-state index contributed by atoms with van der Waals surface area (Å²) in [4.78, 5) is 32.9. The van der Waals surface area contributed by atoms with Crippen molar-refractivity contribution in [2.45, 2.75) is 0 Å². The molecule has 0 aliphatic rings. The summed E-state index contributed by atoms with van der Waals surface area (Å²) in [5, 5.41) is 2.20. The van der Waals surface area contributed by atoms with Crippen LogP contribution in [0.3, 0.4) is 0 Å². The monoisotopic (exact) mass is 433 g/mol. The van der Waals surface area contributed by atoms with Crippen molar-refractivity contribution in [2.75, 3.05) is 0 Å². The van der Waals surface area contributed by atoms with Crippen molar-refractivity contribution in [2.24, 2.45) is 0 Å². The van der Waals surface area contributed by atoms with Crippen molar-refractivity contribution in [3.05, 3.63) is 105 Å². The van der Waals surface area contributed by atoms with Gasteiger partial charge in [0.2, 0.25) is 0 Å². The van der Waals surface area contributed by atoms with Gasteiger partial charge in [-0.3, -0.25) is 14.8 Å². The molecular formula is C23H13F2N3O2S. The van der Waals surface area contributed by atoms with Gasteiger partial charge < -0.3 is 0 Å². The molecule has 0 spiro atoms. The Morgan fingerprint density at radius 3 is 2.35 bits per heavy atom. The average molecular weight is 433 g/mol. The number of fused-ring (bicyclic) bond motifs is 1. The summed E-state index contributed by atoms with van der Waals surface area (Å²) >= 11 is 1.27. The van der Waals surface area contributed by atoms with E-state index in [1.54, 1.807) is 42.6 Å². The van der Waals surface area contributed by atoms with Crippen LogP contribution in [-0.4, -0.2) is 14.5 Å². The number of hydrogen-bond donors (Lipinski definition) is 1. The molecule has 0 aliphatic carbocycles. The number of aromatic amines is 1. The Bertz CT molecular complexity index is 1540. The van der Waals surface area contributed by atoms with E-state index in [2.05, 4.69) is 9.97 Å². The van der Waals surface area contributed by atoms with Gasteiger partial charge in [-0.2, -0.15) is 0 Å². The Balaban J connectivity index is 1.63. The molecule has 2 aromatic carbocycles. The van der Waals surface area contributed by atoms with E-state index in [0.29, 0.717) is 32.6 Å². The first-order valence-electron chi connectivity index (χ1n) is 9.26. The molecule has 5 nitrogen and oxygen atoms in total. The maximum Gasteiger partial charge on any atom is 0.334 e. The molecule has 0 aliphatic heterocycles. The van der Waals surface area contributed by atoms with E-state index < -0.39 is 22.9 Å². The standard InChI is InChI=1S/C23H13F2N3O2S/c24-18-8-7-15(10-19(18)25)13-3-5-14(6-4-13)17-12-31-21-20(17)22(29)28(23(30)27-21)16-2-1-9-26-11-16/h1-12H,(H,27,30). The summed E-state index contributed by atoms with van der Waals surface area (Å²) in [5.74, 6) is -1.81. The zero-order chi connectivity index (χ0) is 21.5. The Hall–Kier alpha value is -3.91. The van der Waals surface area contributed by atoms with Crippen molar-refractivity contribution in [1.29, 1.82) is 0 Å². The van der Waals surface area contributed by atoms with Crippen molar-refractivity contribution < 1.29 is 8.78 Å². The first-order chi connectivity index (χ1) is 15.0. The van der Waals surface area contributed by atoms with Gasteiger partial charge in [0, 0.05) is 17.1 Å². The minimum Gasteiger partial charge on any atom is -0.298 e. The molecule has 0 atom stereocenters. The lowest BCUT2D eigenvalue weighted by Crippen LogP contribution is -2.33. The van der Waals surface area contributed by atoms with E-state index in [-0.39, 0.29) is 0 Å². The second-order valence-electron chi connectivity index (χ2n) is 6.84. The minimum atomic E-state index is -0.912. The zero-order valence-corrected chi connectivity index (χ0v) is 16.6. The summed E-state index contributed by atoms with van der Waals surface area (Å²) in [7, 11) is 0. The average Bonchev–Trinajstić information content (AvgIpc) is 3.20. The normalized spacial score (nSPS) is 11.2. The predicted octanol–water partition coefficient (Wildman–Crippen LogP) is 4.75. The Kier molecular flexibility index (Phi) is 4.56. The van der Waals surface area contributed by atoms with Gasteiger partial charge in [0.1, 0.15) is 4.83 Å². The third-order valence-electron chi connectivity index (χ3n) is 4.98. The Labute approximate surface area is 177 Å². The van der Waals surface area contributed by atoms with Gasteiger partial charge in [0.15, 0.2) is 11.6 Å². The van der Waals surface area contributed by atoms with Crippen molar-refractivity contribution in [1.82, 2.24) is 14.5 Å². The highest BCUT2D eigenvalue weighted by atomic mass is 32.1. The fourth-order valence-corrected chi connectivity index (χ4v) is 4.42. The molecular weight excluding hydrogens is 420 g/mol. The molecule has 3 aromatic heterocycles. The summed E-state index contributed by atoms with van der Waals surface area (Å²) in [6.07, 6.45) is 3.01. The number of halogens is 2. The van der Waals surface area contributed by atoms with Crippen LogP contribution < -0.4 is 11.2 Å². The topological polar surface area (TPSA) is 67.8 Å². The Morgan fingerprint density at radius 1 is 0.903 bits per heavy atom. The molecule has 152 valence electrons. The Morgan fingerprint density at radius 2 is 1.65 bits per heavy atom. The van der Waals surface area contributed by atoms with Gasteiger partial charge in [0.25, 0.3) is 5.56 Å². The molecule has 0 amide bonds. The largest absolute Gasteiger partial charge is 0.334 e. The van der Waals surface area contributed by atoms with E-state index in [4.69, 9.17) is 0 Å². The third-order valence-corrected chi connectivity index (χ3v) is 5.88. The number of nitrogens with zero attached hydrogens (tertiary/aromatic N) is 2. The molecule has 31 heavy (non-hydrogen) atoms. The molecule has 1 N–H and O–H groups in total. The number of H-pyrrole nitrogens is 1. The number of benzene rings is 2. The fourth-order valence-electron chi connectivity index (χ4n) is 3.47. The number of rotatable bonds is 3. The van der Waals surface area contributed by atoms with Gasteiger partial charge in [-0.1, -0.05) is 30.3 Å². The number of aromatic nitrogens is 3. The highest BCUT2D eigenvalue weighted by molar-refractivity contribution is 7.17. The lowest BCUT2D eigenvalue weighted by atomic mass is 10.0. The van der Waals surface area contributed by atoms with Crippen LogP contribution in [0.25, 0.3) is 38.2 Å². The SMILES string of the molecule is O=c1[nH]c2scc(-c3ccc(-c4ccc(F)c(F)c4)cc3)c2c(=O)n1-c1cccnc1. The first-order valence-corrected chi connectivity index (χ1v) is 10.1. The van der Waals surface area contributed by atoms with Gasteiger partial charge in [-0.05, 0) is 41.0 Å². The molecule has 3 heterocycles. The van der Waals surface area contributed by atoms with Crippen LogP contribution in [0, 0.1) is 11.6 Å². The summed E-state index contributed by atoms with van der Waals surface area (Å²) < 4.78 is 27.8. The second-order valence-corrected chi connectivity index (χ2v) is 7.72.